The van der Waals surface area contributed by atoms with Gasteiger partial charge in [-0.2, -0.15) is 0 Å². The van der Waals surface area contributed by atoms with E-state index in [0.717, 1.165) is 0 Å². The second-order valence-corrected chi connectivity index (χ2v) is 3.57. The van der Waals surface area contributed by atoms with Gasteiger partial charge in [0.1, 0.15) is 10.4 Å². The molecule has 5 heteroatoms. The molecule has 0 spiro atoms. The number of aromatic nitrogens is 1. The van der Waals surface area contributed by atoms with Crippen molar-refractivity contribution in [2.75, 3.05) is 0 Å². The molecule has 0 fully saturated rings. The summed E-state index contributed by atoms with van der Waals surface area (Å²) in [5.74, 6) is -0.982. The third-order valence-electron chi connectivity index (χ3n) is 1.55. The average Bonchev–Trinajstić information content (AvgIpc) is 2.44. The van der Waals surface area contributed by atoms with Crippen LogP contribution in [0.4, 0.5) is 0 Å². The van der Waals surface area contributed by atoms with Gasteiger partial charge in [-0.25, -0.2) is 4.79 Å². The molecule has 0 aliphatic heterocycles. The fraction of sp³-hybridized carbons (Fsp3) is 0. The lowest BCUT2D eigenvalue weighted by Crippen LogP contribution is -1.94. The van der Waals surface area contributed by atoms with Crippen molar-refractivity contribution in [3.63, 3.8) is 0 Å². The molecule has 0 bridgehead atoms. The summed E-state index contributed by atoms with van der Waals surface area (Å²) >= 11 is 7.07. The third-order valence-corrected chi connectivity index (χ3v) is 2.74. The lowest BCUT2D eigenvalue weighted by Gasteiger charge is -1.87. The molecule has 0 aromatic carbocycles. The van der Waals surface area contributed by atoms with Crippen molar-refractivity contribution >= 4 is 33.7 Å². The van der Waals surface area contributed by atoms with Crippen molar-refractivity contribution < 1.29 is 9.90 Å². The van der Waals surface area contributed by atoms with Gasteiger partial charge in [0, 0.05) is 17.8 Å². The van der Waals surface area contributed by atoms with E-state index in [1.54, 1.807) is 16.8 Å². The van der Waals surface area contributed by atoms with Gasteiger partial charge in [0.2, 0.25) is 0 Å². The molecule has 2 rings (SSSR count). The van der Waals surface area contributed by atoms with Crippen LogP contribution in [0, 0.1) is 0 Å². The molecule has 3 nitrogen and oxygen atoms in total. The van der Waals surface area contributed by atoms with Gasteiger partial charge in [0.25, 0.3) is 0 Å². The Bertz CT molecular complexity index is 445. The second kappa shape index (κ2) is 2.50. The molecule has 0 unspecified atom stereocenters. The lowest BCUT2D eigenvalue weighted by molar-refractivity contribution is 0.0699. The number of carboxylic acids is 1. The molecule has 0 atom stereocenters. The smallest absolute Gasteiger partial charge is 0.340 e. The Morgan fingerprint density at radius 3 is 3.08 bits per heavy atom. The van der Waals surface area contributed by atoms with E-state index in [9.17, 15) is 4.79 Å². The van der Waals surface area contributed by atoms with Gasteiger partial charge in [-0.15, -0.1) is 11.3 Å². The number of rotatable bonds is 1. The van der Waals surface area contributed by atoms with Crippen LogP contribution >= 0.6 is 22.9 Å². The summed E-state index contributed by atoms with van der Waals surface area (Å²) in [7, 11) is 0. The van der Waals surface area contributed by atoms with Gasteiger partial charge in [-0.1, -0.05) is 11.6 Å². The molecule has 12 heavy (non-hydrogen) atoms. The second-order valence-electron chi connectivity index (χ2n) is 2.27. The standard InChI is InChI=1S/C7H4ClNO2S/c8-4-3-9-1-2-12-6(9)5(4)7(10)11/h1-3H,(H,10,11). The maximum absolute atomic E-state index is 10.7. The van der Waals surface area contributed by atoms with Gasteiger partial charge < -0.3 is 9.51 Å². The monoisotopic (exact) mass is 201 g/mol. The molecular formula is C7H4ClNO2S. The number of aromatic carboxylic acids is 1. The van der Waals surface area contributed by atoms with E-state index in [0.29, 0.717) is 4.83 Å². The van der Waals surface area contributed by atoms with E-state index in [-0.39, 0.29) is 10.6 Å². The first-order chi connectivity index (χ1) is 5.70. The van der Waals surface area contributed by atoms with Crippen LogP contribution in [-0.4, -0.2) is 15.5 Å². The first-order valence-electron chi connectivity index (χ1n) is 3.17. The molecule has 0 amide bonds. The Hall–Kier alpha value is -1.00. The molecule has 2 heterocycles. The zero-order valence-electron chi connectivity index (χ0n) is 5.82. The van der Waals surface area contributed by atoms with E-state index >= 15 is 0 Å². The van der Waals surface area contributed by atoms with E-state index in [4.69, 9.17) is 16.7 Å². The summed E-state index contributed by atoms with van der Waals surface area (Å²) in [4.78, 5) is 11.4. The Balaban J connectivity index is 2.84. The molecule has 0 aliphatic rings. The molecule has 0 saturated carbocycles. The SMILES string of the molecule is O=C(O)c1c(Cl)cn2ccsc12. The fourth-order valence-corrected chi connectivity index (χ4v) is 2.26. The molecular weight excluding hydrogens is 198 g/mol. The van der Waals surface area contributed by atoms with Gasteiger partial charge in [0.15, 0.2) is 0 Å². The number of nitrogens with zero attached hydrogens (tertiary/aromatic N) is 1. The van der Waals surface area contributed by atoms with E-state index < -0.39 is 5.97 Å². The largest absolute Gasteiger partial charge is 0.478 e. The van der Waals surface area contributed by atoms with Crippen molar-refractivity contribution in [3.05, 3.63) is 28.4 Å². The Kier molecular flexibility index (Phi) is 1.59. The van der Waals surface area contributed by atoms with Gasteiger partial charge in [-0.05, 0) is 0 Å². The minimum Gasteiger partial charge on any atom is -0.478 e. The van der Waals surface area contributed by atoms with Crippen molar-refractivity contribution in [3.8, 4) is 0 Å². The number of carbonyl (C=O) groups is 1. The van der Waals surface area contributed by atoms with E-state index in [1.165, 1.54) is 11.3 Å². The Labute approximate surface area is 76.8 Å². The highest BCUT2D eigenvalue weighted by atomic mass is 35.5. The molecule has 0 saturated heterocycles. The molecule has 0 radical (unpaired) electrons. The van der Waals surface area contributed by atoms with Crippen LogP contribution in [0.5, 0.6) is 0 Å². The van der Waals surface area contributed by atoms with Crippen LogP contribution in [0.1, 0.15) is 10.4 Å². The number of halogens is 1. The van der Waals surface area contributed by atoms with Crippen LogP contribution < -0.4 is 0 Å². The summed E-state index contributed by atoms with van der Waals surface area (Å²) < 4.78 is 1.70. The zero-order valence-corrected chi connectivity index (χ0v) is 7.39. The lowest BCUT2D eigenvalue weighted by atomic mass is 10.3. The normalized spacial score (nSPS) is 10.8. The van der Waals surface area contributed by atoms with Crippen molar-refractivity contribution in [2.45, 2.75) is 0 Å². The minimum absolute atomic E-state index is 0.187. The molecule has 1 N–H and O–H groups in total. The van der Waals surface area contributed by atoms with Crippen LogP contribution in [-0.2, 0) is 0 Å². The number of fused-ring (bicyclic) bond motifs is 1. The number of hydrogen-bond donors (Lipinski definition) is 1. The first kappa shape index (κ1) is 7.64. The molecule has 62 valence electrons. The highest BCUT2D eigenvalue weighted by Gasteiger charge is 2.16. The summed E-state index contributed by atoms with van der Waals surface area (Å²) in [6.07, 6.45) is 3.37. The van der Waals surface area contributed by atoms with Crippen LogP contribution in [0.2, 0.25) is 5.02 Å². The summed E-state index contributed by atoms with van der Waals surface area (Å²) in [6, 6.07) is 0. The predicted molar refractivity (Wildman–Crippen MR) is 47.2 cm³/mol. The molecule has 2 aromatic heterocycles. The number of hydrogen-bond acceptors (Lipinski definition) is 2. The summed E-state index contributed by atoms with van der Waals surface area (Å²) in [5.41, 5.74) is 0.187. The van der Waals surface area contributed by atoms with Gasteiger partial charge in [-0.3, -0.25) is 0 Å². The topological polar surface area (TPSA) is 41.7 Å². The maximum atomic E-state index is 10.7. The van der Waals surface area contributed by atoms with Crippen molar-refractivity contribution in [1.82, 2.24) is 4.40 Å². The average molecular weight is 202 g/mol. The Morgan fingerprint density at radius 1 is 1.67 bits per heavy atom. The first-order valence-corrected chi connectivity index (χ1v) is 4.43. The fourth-order valence-electron chi connectivity index (χ4n) is 1.06. The third kappa shape index (κ3) is 0.922. The van der Waals surface area contributed by atoms with E-state index in [2.05, 4.69) is 0 Å². The summed E-state index contributed by atoms with van der Waals surface area (Å²) in [5, 5.41) is 10.9. The molecule has 2 aromatic rings. The number of thiazole rings is 1. The molecule has 0 aliphatic carbocycles. The number of carboxylic acid groups (broad SMARTS) is 1. The van der Waals surface area contributed by atoms with Crippen LogP contribution in [0.15, 0.2) is 17.8 Å². The maximum Gasteiger partial charge on any atom is 0.340 e. The van der Waals surface area contributed by atoms with Crippen molar-refractivity contribution in [1.29, 1.82) is 0 Å². The summed E-state index contributed by atoms with van der Waals surface area (Å²) in [6.45, 7) is 0. The van der Waals surface area contributed by atoms with Crippen LogP contribution in [0.25, 0.3) is 4.83 Å². The minimum atomic E-state index is -0.982. The van der Waals surface area contributed by atoms with Gasteiger partial charge in [0.05, 0.1) is 5.02 Å². The quantitative estimate of drug-likeness (QED) is 0.770. The Morgan fingerprint density at radius 2 is 2.42 bits per heavy atom. The highest BCUT2D eigenvalue weighted by Crippen LogP contribution is 2.26. The van der Waals surface area contributed by atoms with Gasteiger partial charge >= 0.3 is 5.97 Å². The zero-order chi connectivity index (χ0) is 8.72. The van der Waals surface area contributed by atoms with Crippen LogP contribution in [0.3, 0.4) is 0 Å². The predicted octanol–water partition coefficient (Wildman–Crippen LogP) is 2.35. The highest BCUT2D eigenvalue weighted by molar-refractivity contribution is 7.16. The van der Waals surface area contributed by atoms with E-state index in [1.807, 2.05) is 5.38 Å². The van der Waals surface area contributed by atoms with Crippen molar-refractivity contribution in [2.24, 2.45) is 0 Å².